The molecule has 0 spiro atoms. The lowest BCUT2D eigenvalue weighted by Crippen LogP contribution is -2.50. The van der Waals surface area contributed by atoms with Gasteiger partial charge in [0.15, 0.2) is 0 Å². The van der Waals surface area contributed by atoms with Gasteiger partial charge in [-0.15, -0.1) is 0 Å². The fraction of sp³-hybridized carbons (Fsp3) is 0.438. The molecule has 3 N–H and O–H groups in total. The van der Waals surface area contributed by atoms with Crippen molar-refractivity contribution < 1.29 is 27.6 Å². The summed E-state index contributed by atoms with van der Waals surface area (Å²) < 4.78 is 39.0. The minimum absolute atomic E-state index is 0.0533. The van der Waals surface area contributed by atoms with Gasteiger partial charge >= 0.3 is 6.18 Å². The van der Waals surface area contributed by atoms with Gasteiger partial charge in [0.1, 0.15) is 11.8 Å². The van der Waals surface area contributed by atoms with Crippen molar-refractivity contribution in [3.8, 4) is 0 Å². The first kappa shape index (κ1) is 18.0. The van der Waals surface area contributed by atoms with Crippen molar-refractivity contribution in [2.45, 2.75) is 37.9 Å². The van der Waals surface area contributed by atoms with E-state index in [9.17, 15) is 27.6 Å². The topological polar surface area (TPSA) is 89.3 Å². The summed E-state index contributed by atoms with van der Waals surface area (Å²) in [5.41, 5.74) is 3.60. The molecular weight excluding hydrogens is 325 g/mol. The Morgan fingerprint density at radius 1 is 1.25 bits per heavy atom. The maximum atomic E-state index is 13.0. The number of primary amides is 1. The molecule has 1 aromatic rings. The second-order valence-electron chi connectivity index (χ2n) is 5.79. The standard InChI is InChI=1S/C16H17F3N2O3/c17-16(18,19)12-7-2-1-6-11(12)15(24)21-13(14(20)23)9-4-3-5-10(22)8-9/h1-2,6-7,9,13H,3-5,8H2,(H2,20,23)(H,21,24)/t9-,13-/m1/s1. The smallest absolute Gasteiger partial charge is 0.368 e. The molecule has 0 heterocycles. The molecule has 5 nitrogen and oxygen atoms in total. The summed E-state index contributed by atoms with van der Waals surface area (Å²) in [6.45, 7) is 0. The van der Waals surface area contributed by atoms with Crippen LogP contribution in [0.2, 0.25) is 0 Å². The number of nitrogens with two attached hydrogens (primary N) is 1. The number of nitrogens with one attached hydrogen (secondary N) is 1. The van der Waals surface area contributed by atoms with Crippen LogP contribution in [0.3, 0.4) is 0 Å². The number of Topliss-reactive ketones (excluding diaryl/α,β-unsaturated/α-hetero) is 1. The predicted octanol–water partition coefficient (Wildman–Crippen LogP) is 2.05. The normalized spacial score (nSPS) is 19.6. The molecule has 0 saturated heterocycles. The quantitative estimate of drug-likeness (QED) is 0.877. The van der Waals surface area contributed by atoms with E-state index in [4.69, 9.17) is 5.73 Å². The Hall–Kier alpha value is -2.38. The first-order valence-electron chi connectivity index (χ1n) is 7.48. The molecule has 2 rings (SSSR count). The Bertz CT molecular complexity index is 658. The molecule has 24 heavy (non-hydrogen) atoms. The molecule has 0 aromatic heterocycles. The summed E-state index contributed by atoms with van der Waals surface area (Å²) in [4.78, 5) is 35.4. The number of ketones is 1. The highest BCUT2D eigenvalue weighted by molar-refractivity contribution is 5.99. The summed E-state index contributed by atoms with van der Waals surface area (Å²) in [5, 5.41) is 2.27. The van der Waals surface area contributed by atoms with Crippen molar-refractivity contribution >= 4 is 17.6 Å². The lowest BCUT2D eigenvalue weighted by atomic mass is 9.82. The minimum atomic E-state index is -4.70. The lowest BCUT2D eigenvalue weighted by molar-refractivity contribution is -0.138. The van der Waals surface area contributed by atoms with Crippen molar-refractivity contribution in [2.75, 3.05) is 0 Å². The molecule has 0 unspecified atom stereocenters. The number of halogens is 3. The summed E-state index contributed by atoms with van der Waals surface area (Å²) in [6.07, 6.45) is -3.17. The molecular formula is C16H17F3N2O3. The summed E-state index contributed by atoms with van der Waals surface area (Å²) in [5.74, 6) is -2.45. The van der Waals surface area contributed by atoms with Crippen LogP contribution >= 0.6 is 0 Å². The monoisotopic (exact) mass is 342 g/mol. The number of carbonyl (C=O) groups is 3. The highest BCUT2D eigenvalue weighted by atomic mass is 19.4. The number of hydrogen-bond donors (Lipinski definition) is 2. The van der Waals surface area contributed by atoms with E-state index in [1.54, 1.807) is 0 Å². The third kappa shape index (κ3) is 4.12. The number of hydrogen-bond acceptors (Lipinski definition) is 3. The van der Waals surface area contributed by atoms with Gasteiger partial charge < -0.3 is 11.1 Å². The van der Waals surface area contributed by atoms with E-state index in [2.05, 4.69) is 5.32 Å². The van der Waals surface area contributed by atoms with Gasteiger partial charge in [0.05, 0.1) is 11.1 Å². The number of amides is 2. The van der Waals surface area contributed by atoms with Gasteiger partial charge in [0, 0.05) is 12.8 Å². The van der Waals surface area contributed by atoms with Crippen LogP contribution < -0.4 is 11.1 Å². The molecule has 0 aliphatic heterocycles. The van der Waals surface area contributed by atoms with Gasteiger partial charge in [0.2, 0.25) is 5.91 Å². The van der Waals surface area contributed by atoms with Gasteiger partial charge in [-0.1, -0.05) is 12.1 Å². The Balaban J connectivity index is 2.23. The fourth-order valence-electron chi connectivity index (χ4n) is 2.91. The predicted molar refractivity (Wildman–Crippen MR) is 78.9 cm³/mol. The van der Waals surface area contributed by atoms with E-state index >= 15 is 0 Å². The molecule has 1 aliphatic rings. The second kappa shape index (κ2) is 7.02. The van der Waals surface area contributed by atoms with Crippen LogP contribution in [-0.2, 0) is 15.8 Å². The molecule has 0 bridgehead atoms. The Labute approximate surface area is 136 Å². The largest absolute Gasteiger partial charge is 0.417 e. The number of benzene rings is 1. The van der Waals surface area contributed by atoms with Crippen molar-refractivity contribution in [1.82, 2.24) is 5.32 Å². The summed E-state index contributed by atoms with van der Waals surface area (Å²) >= 11 is 0. The minimum Gasteiger partial charge on any atom is -0.368 e. The van der Waals surface area contributed by atoms with E-state index in [-0.39, 0.29) is 12.2 Å². The van der Waals surface area contributed by atoms with Gasteiger partial charge in [0.25, 0.3) is 5.91 Å². The van der Waals surface area contributed by atoms with E-state index in [1.165, 1.54) is 12.1 Å². The number of alkyl halides is 3. The van der Waals surface area contributed by atoms with E-state index in [0.29, 0.717) is 19.3 Å². The first-order chi connectivity index (χ1) is 11.2. The van der Waals surface area contributed by atoms with Crippen LogP contribution in [0.5, 0.6) is 0 Å². The van der Waals surface area contributed by atoms with Crippen molar-refractivity contribution in [2.24, 2.45) is 11.7 Å². The van der Waals surface area contributed by atoms with Gasteiger partial charge in [-0.25, -0.2) is 0 Å². The van der Waals surface area contributed by atoms with Crippen LogP contribution in [0, 0.1) is 5.92 Å². The zero-order chi connectivity index (χ0) is 17.9. The SMILES string of the molecule is NC(=O)[C@H](NC(=O)c1ccccc1C(F)(F)F)[C@@H]1CCCC(=O)C1. The maximum Gasteiger partial charge on any atom is 0.417 e. The number of rotatable bonds is 4. The van der Waals surface area contributed by atoms with Crippen LogP contribution in [0.25, 0.3) is 0 Å². The van der Waals surface area contributed by atoms with Gasteiger partial charge in [-0.2, -0.15) is 13.2 Å². The Kier molecular flexibility index (Phi) is 5.26. The molecule has 2 amide bonds. The third-order valence-corrected chi connectivity index (χ3v) is 4.06. The average molecular weight is 342 g/mol. The molecule has 8 heteroatoms. The molecule has 0 radical (unpaired) electrons. The van der Waals surface area contributed by atoms with Crippen molar-refractivity contribution in [3.05, 3.63) is 35.4 Å². The van der Waals surface area contributed by atoms with Crippen LogP contribution in [0.4, 0.5) is 13.2 Å². The van der Waals surface area contributed by atoms with Crippen molar-refractivity contribution in [3.63, 3.8) is 0 Å². The van der Waals surface area contributed by atoms with Crippen LogP contribution in [-0.4, -0.2) is 23.6 Å². The Morgan fingerprint density at radius 3 is 2.50 bits per heavy atom. The lowest BCUT2D eigenvalue weighted by Gasteiger charge is -2.28. The summed E-state index contributed by atoms with van der Waals surface area (Å²) in [7, 11) is 0. The maximum absolute atomic E-state index is 13.0. The van der Waals surface area contributed by atoms with Crippen molar-refractivity contribution in [1.29, 1.82) is 0 Å². The van der Waals surface area contributed by atoms with E-state index in [1.807, 2.05) is 0 Å². The molecule has 1 aliphatic carbocycles. The van der Waals surface area contributed by atoms with E-state index < -0.39 is 41.1 Å². The first-order valence-corrected chi connectivity index (χ1v) is 7.48. The molecule has 1 saturated carbocycles. The van der Waals surface area contributed by atoms with E-state index in [0.717, 1.165) is 12.1 Å². The molecule has 1 fully saturated rings. The second-order valence-corrected chi connectivity index (χ2v) is 5.79. The molecule has 130 valence electrons. The van der Waals surface area contributed by atoms with Gasteiger partial charge in [-0.05, 0) is 30.9 Å². The van der Waals surface area contributed by atoms with Crippen LogP contribution in [0.1, 0.15) is 41.6 Å². The molecule has 1 aromatic carbocycles. The summed E-state index contributed by atoms with van der Waals surface area (Å²) in [6, 6.07) is 3.11. The molecule has 2 atom stereocenters. The zero-order valence-electron chi connectivity index (χ0n) is 12.7. The fourth-order valence-corrected chi connectivity index (χ4v) is 2.91. The highest BCUT2D eigenvalue weighted by Gasteiger charge is 2.37. The highest BCUT2D eigenvalue weighted by Crippen LogP contribution is 2.32. The Morgan fingerprint density at radius 2 is 1.92 bits per heavy atom. The van der Waals surface area contributed by atoms with Gasteiger partial charge in [-0.3, -0.25) is 14.4 Å². The average Bonchev–Trinajstić information content (AvgIpc) is 2.51. The van der Waals surface area contributed by atoms with Crippen LogP contribution in [0.15, 0.2) is 24.3 Å². The zero-order valence-corrected chi connectivity index (χ0v) is 12.7. The third-order valence-electron chi connectivity index (χ3n) is 4.06. The number of carbonyl (C=O) groups excluding carboxylic acids is 3.